The Morgan fingerprint density at radius 3 is 2.69 bits per heavy atom. The van der Waals surface area contributed by atoms with Crippen LogP contribution >= 0.6 is 0 Å². The third kappa shape index (κ3) is 3.30. The number of carbonyl (C=O) groups is 2. The van der Waals surface area contributed by atoms with Crippen LogP contribution < -0.4 is 10.6 Å². The van der Waals surface area contributed by atoms with Gasteiger partial charge in [-0.2, -0.15) is 0 Å². The van der Waals surface area contributed by atoms with Gasteiger partial charge in [-0.3, -0.25) is 4.79 Å². The average Bonchev–Trinajstić information content (AvgIpc) is 3.02. The molecule has 1 unspecified atom stereocenters. The molecule has 0 radical (unpaired) electrons. The van der Waals surface area contributed by atoms with Crippen LogP contribution in [0.2, 0.25) is 0 Å². The molecule has 4 rings (SSSR count). The quantitative estimate of drug-likeness (QED) is 0.875. The highest BCUT2D eigenvalue weighted by Gasteiger charge is 2.44. The van der Waals surface area contributed by atoms with Gasteiger partial charge in [0.15, 0.2) is 0 Å². The minimum atomic E-state index is -0.610. The van der Waals surface area contributed by atoms with Gasteiger partial charge < -0.3 is 20.3 Å². The number of nitrogens with zero attached hydrogens (tertiary/aromatic N) is 3. The molecule has 1 atom stereocenters. The Balaban J connectivity index is 1.44. The number of alkyl carbamates (subject to hydrolysis) is 1. The van der Waals surface area contributed by atoms with Crippen molar-refractivity contribution in [3.8, 4) is 0 Å². The second-order valence-electron chi connectivity index (χ2n) is 6.54. The maximum Gasteiger partial charge on any atom is 0.407 e. The summed E-state index contributed by atoms with van der Waals surface area (Å²) in [4.78, 5) is 34.3. The number of carbonyl (C=O) groups excluding carboxylic acids is 2. The number of rotatable bonds is 3. The number of para-hydroxylation sites is 1. The Labute approximate surface area is 150 Å². The van der Waals surface area contributed by atoms with Crippen LogP contribution in [0, 0.1) is 0 Å². The molecule has 3 heterocycles. The number of anilines is 2. The number of piperidine rings is 1. The predicted molar refractivity (Wildman–Crippen MR) is 94.1 cm³/mol. The summed E-state index contributed by atoms with van der Waals surface area (Å²) in [6, 6.07) is 9.57. The van der Waals surface area contributed by atoms with Gasteiger partial charge in [-0.15, -0.1) is 0 Å². The number of hydrogen-bond donors (Lipinski definition) is 2. The minimum Gasteiger partial charge on any atom is -0.439 e. The molecule has 2 N–H and O–H groups in total. The van der Waals surface area contributed by atoms with E-state index in [-0.39, 0.29) is 5.91 Å². The van der Waals surface area contributed by atoms with Crippen LogP contribution in [0.25, 0.3) is 0 Å². The summed E-state index contributed by atoms with van der Waals surface area (Å²) in [6.07, 6.45) is 4.15. The molecular weight excluding hydrogens is 334 g/mol. The summed E-state index contributed by atoms with van der Waals surface area (Å²) in [5.41, 5.74) is 0.679. The van der Waals surface area contributed by atoms with E-state index in [0.29, 0.717) is 31.1 Å². The maximum absolute atomic E-state index is 12.8. The Bertz CT molecular complexity index is 811. The van der Waals surface area contributed by atoms with Gasteiger partial charge in [0.25, 0.3) is 5.91 Å². The van der Waals surface area contributed by atoms with Crippen molar-refractivity contribution in [3.63, 3.8) is 0 Å². The zero-order chi connectivity index (χ0) is 18.0. The molecule has 2 fully saturated rings. The molecular formula is C18H19N5O3. The van der Waals surface area contributed by atoms with Gasteiger partial charge in [-0.1, -0.05) is 18.2 Å². The van der Waals surface area contributed by atoms with Crippen LogP contribution in [-0.2, 0) is 4.74 Å². The zero-order valence-electron chi connectivity index (χ0n) is 14.1. The molecule has 2 aromatic rings. The summed E-state index contributed by atoms with van der Waals surface area (Å²) in [6.45, 7) is 1.45. The fourth-order valence-corrected chi connectivity index (χ4v) is 3.34. The summed E-state index contributed by atoms with van der Waals surface area (Å²) in [5, 5.41) is 5.76. The Morgan fingerprint density at radius 1 is 1.23 bits per heavy atom. The topological polar surface area (TPSA) is 96.5 Å². The van der Waals surface area contributed by atoms with Gasteiger partial charge in [0.1, 0.15) is 5.60 Å². The molecule has 2 saturated heterocycles. The van der Waals surface area contributed by atoms with Crippen LogP contribution in [0.3, 0.4) is 0 Å². The number of ether oxygens (including phenoxy) is 1. The largest absolute Gasteiger partial charge is 0.439 e. The highest BCUT2D eigenvalue weighted by atomic mass is 16.6. The van der Waals surface area contributed by atoms with Gasteiger partial charge in [0, 0.05) is 24.6 Å². The fraction of sp³-hybridized carbons (Fsp3) is 0.333. The van der Waals surface area contributed by atoms with Crippen LogP contribution in [0.4, 0.5) is 16.4 Å². The van der Waals surface area contributed by atoms with Crippen molar-refractivity contribution in [2.45, 2.75) is 18.4 Å². The van der Waals surface area contributed by atoms with Crippen molar-refractivity contribution in [2.24, 2.45) is 0 Å². The minimum absolute atomic E-state index is 0.154. The lowest BCUT2D eigenvalue weighted by molar-refractivity contribution is -0.00507. The van der Waals surface area contributed by atoms with E-state index in [2.05, 4.69) is 20.6 Å². The van der Waals surface area contributed by atoms with E-state index in [1.54, 1.807) is 4.90 Å². The van der Waals surface area contributed by atoms with Gasteiger partial charge in [0.05, 0.1) is 18.7 Å². The lowest BCUT2D eigenvalue weighted by Gasteiger charge is -2.38. The van der Waals surface area contributed by atoms with Crippen LogP contribution in [0.15, 0.2) is 42.7 Å². The molecule has 0 saturated carbocycles. The lowest BCUT2D eigenvalue weighted by Crippen LogP contribution is -2.52. The number of nitrogens with one attached hydrogen (secondary N) is 2. The molecule has 8 nitrogen and oxygen atoms in total. The number of aromatic nitrogens is 2. The van der Waals surface area contributed by atoms with E-state index in [4.69, 9.17) is 4.74 Å². The molecule has 2 aliphatic heterocycles. The second kappa shape index (κ2) is 6.62. The van der Waals surface area contributed by atoms with Crippen LogP contribution in [0.1, 0.15) is 23.2 Å². The first-order valence-electron chi connectivity index (χ1n) is 8.54. The van der Waals surface area contributed by atoms with E-state index >= 15 is 0 Å². The Kier molecular flexibility index (Phi) is 4.16. The summed E-state index contributed by atoms with van der Waals surface area (Å²) >= 11 is 0. The smallest absolute Gasteiger partial charge is 0.407 e. The fourth-order valence-electron chi connectivity index (χ4n) is 3.34. The average molecular weight is 353 g/mol. The Morgan fingerprint density at radius 2 is 2.00 bits per heavy atom. The van der Waals surface area contributed by atoms with E-state index in [0.717, 1.165) is 18.5 Å². The first-order chi connectivity index (χ1) is 12.6. The van der Waals surface area contributed by atoms with E-state index in [1.807, 2.05) is 30.3 Å². The third-order valence-corrected chi connectivity index (χ3v) is 4.62. The van der Waals surface area contributed by atoms with Crippen molar-refractivity contribution in [1.82, 2.24) is 20.2 Å². The van der Waals surface area contributed by atoms with Crippen molar-refractivity contribution < 1.29 is 14.3 Å². The maximum atomic E-state index is 12.8. The number of benzene rings is 1. The van der Waals surface area contributed by atoms with Crippen molar-refractivity contribution in [1.29, 1.82) is 0 Å². The predicted octanol–water partition coefficient (Wildman–Crippen LogP) is 1.93. The normalized spacial score (nSPS) is 22.0. The standard InChI is InChI=1S/C18H19N5O3/c24-15(23-8-4-7-18(12-23)11-21-17(25)26-18)13-9-19-16(20-10-13)22-14-5-2-1-3-6-14/h1-3,5-6,9-10H,4,7-8,11-12H2,(H,21,25)(H,19,20,22). The van der Waals surface area contributed by atoms with Crippen LogP contribution in [0.5, 0.6) is 0 Å². The Hall–Kier alpha value is -3.16. The molecule has 134 valence electrons. The molecule has 1 aromatic heterocycles. The van der Waals surface area contributed by atoms with Gasteiger partial charge >= 0.3 is 6.09 Å². The summed E-state index contributed by atoms with van der Waals surface area (Å²) in [5.74, 6) is 0.273. The number of likely N-dealkylation sites (tertiary alicyclic amines) is 1. The molecule has 26 heavy (non-hydrogen) atoms. The zero-order valence-corrected chi connectivity index (χ0v) is 14.1. The third-order valence-electron chi connectivity index (χ3n) is 4.62. The van der Waals surface area contributed by atoms with E-state index in [1.165, 1.54) is 12.4 Å². The monoisotopic (exact) mass is 353 g/mol. The number of amides is 2. The van der Waals surface area contributed by atoms with Crippen molar-refractivity contribution in [3.05, 3.63) is 48.3 Å². The van der Waals surface area contributed by atoms with Crippen LogP contribution in [-0.4, -0.2) is 52.1 Å². The molecule has 0 bridgehead atoms. The van der Waals surface area contributed by atoms with Gasteiger partial charge in [-0.25, -0.2) is 14.8 Å². The van der Waals surface area contributed by atoms with E-state index < -0.39 is 11.7 Å². The molecule has 8 heteroatoms. The lowest BCUT2D eigenvalue weighted by atomic mass is 9.93. The SMILES string of the molecule is O=C1NCC2(CCCN(C(=O)c3cnc(Nc4ccccc4)nc3)C2)O1. The molecule has 0 aliphatic carbocycles. The highest BCUT2D eigenvalue weighted by molar-refractivity contribution is 5.94. The highest BCUT2D eigenvalue weighted by Crippen LogP contribution is 2.28. The van der Waals surface area contributed by atoms with Crippen molar-refractivity contribution in [2.75, 3.05) is 25.0 Å². The molecule has 1 spiro atoms. The van der Waals surface area contributed by atoms with Crippen molar-refractivity contribution >= 4 is 23.6 Å². The van der Waals surface area contributed by atoms with Gasteiger partial charge in [-0.05, 0) is 25.0 Å². The molecule has 1 aromatic carbocycles. The first-order valence-corrected chi connectivity index (χ1v) is 8.54. The summed E-state index contributed by atoms with van der Waals surface area (Å²) in [7, 11) is 0. The molecule has 2 amide bonds. The second-order valence-corrected chi connectivity index (χ2v) is 6.54. The number of hydrogen-bond acceptors (Lipinski definition) is 6. The summed E-state index contributed by atoms with van der Waals surface area (Å²) < 4.78 is 5.41. The van der Waals surface area contributed by atoms with Gasteiger partial charge in [0.2, 0.25) is 5.95 Å². The molecule has 2 aliphatic rings. The first kappa shape index (κ1) is 16.3. The van der Waals surface area contributed by atoms with E-state index in [9.17, 15) is 9.59 Å².